The molecule has 0 bridgehead atoms. The predicted molar refractivity (Wildman–Crippen MR) is 71.6 cm³/mol. The first kappa shape index (κ1) is 14.0. The van der Waals surface area contributed by atoms with E-state index < -0.39 is 0 Å². The Morgan fingerprint density at radius 2 is 2.37 bits per heavy atom. The highest BCUT2D eigenvalue weighted by atomic mass is 19.1. The van der Waals surface area contributed by atoms with Crippen molar-refractivity contribution in [1.82, 2.24) is 5.32 Å². The van der Waals surface area contributed by atoms with E-state index in [1.165, 1.54) is 24.6 Å². The fraction of sp³-hybridized carbons (Fsp3) is 0.533. The minimum absolute atomic E-state index is 0.130. The van der Waals surface area contributed by atoms with Crippen LogP contribution in [-0.2, 0) is 4.74 Å². The van der Waals surface area contributed by atoms with Gasteiger partial charge in [-0.2, -0.15) is 0 Å². The van der Waals surface area contributed by atoms with E-state index in [9.17, 15) is 9.18 Å². The molecule has 1 amide bonds. The smallest absolute Gasteiger partial charge is 0.251 e. The minimum atomic E-state index is -0.312. The first-order valence-corrected chi connectivity index (χ1v) is 6.79. The summed E-state index contributed by atoms with van der Waals surface area (Å²) in [5.74, 6) is 0.103. The van der Waals surface area contributed by atoms with Gasteiger partial charge in [0.05, 0.1) is 0 Å². The molecule has 1 heterocycles. The SMILES string of the molecule is Cc1cc(F)ccc1C(=O)NCCC1CCCOC1. The Bertz CT molecular complexity index is 442. The highest BCUT2D eigenvalue weighted by Gasteiger charge is 2.14. The maximum atomic E-state index is 13.0. The van der Waals surface area contributed by atoms with Gasteiger partial charge in [-0.3, -0.25) is 4.79 Å². The molecule has 1 unspecified atom stereocenters. The highest BCUT2D eigenvalue weighted by Crippen LogP contribution is 2.16. The quantitative estimate of drug-likeness (QED) is 0.909. The molecule has 1 aromatic rings. The van der Waals surface area contributed by atoms with E-state index >= 15 is 0 Å². The molecule has 1 aliphatic rings. The third kappa shape index (κ3) is 4.03. The van der Waals surface area contributed by atoms with Crippen molar-refractivity contribution in [3.63, 3.8) is 0 Å². The highest BCUT2D eigenvalue weighted by molar-refractivity contribution is 5.95. The molecular weight excluding hydrogens is 245 g/mol. The monoisotopic (exact) mass is 265 g/mol. The Morgan fingerprint density at radius 3 is 3.05 bits per heavy atom. The van der Waals surface area contributed by atoms with Gasteiger partial charge in [0, 0.05) is 25.3 Å². The van der Waals surface area contributed by atoms with Crippen LogP contribution in [0.5, 0.6) is 0 Å². The third-order valence-corrected chi connectivity index (χ3v) is 3.53. The van der Waals surface area contributed by atoms with Crippen LogP contribution in [0.25, 0.3) is 0 Å². The molecule has 1 N–H and O–H groups in total. The van der Waals surface area contributed by atoms with Crippen molar-refractivity contribution < 1.29 is 13.9 Å². The summed E-state index contributed by atoms with van der Waals surface area (Å²) >= 11 is 0. The lowest BCUT2D eigenvalue weighted by Gasteiger charge is -2.21. The molecule has 1 saturated heterocycles. The fourth-order valence-electron chi connectivity index (χ4n) is 2.40. The second kappa shape index (κ2) is 6.66. The molecule has 1 fully saturated rings. The minimum Gasteiger partial charge on any atom is -0.381 e. The zero-order chi connectivity index (χ0) is 13.7. The Balaban J connectivity index is 1.80. The standard InChI is InChI=1S/C15H20FNO2/c1-11-9-13(16)4-5-14(11)15(18)17-7-6-12-3-2-8-19-10-12/h4-5,9,12H,2-3,6-8,10H2,1H3,(H,17,18). The summed E-state index contributed by atoms with van der Waals surface area (Å²) in [5.41, 5.74) is 1.21. The number of hydrogen-bond donors (Lipinski definition) is 1. The van der Waals surface area contributed by atoms with E-state index in [0.29, 0.717) is 23.6 Å². The lowest BCUT2D eigenvalue weighted by Crippen LogP contribution is -2.28. The third-order valence-electron chi connectivity index (χ3n) is 3.53. The molecule has 4 heteroatoms. The molecule has 0 radical (unpaired) electrons. The lowest BCUT2D eigenvalue weighted by molar-refractivity contribution is 0.0514. The summed E-state index contributed by atoms with van der Waals surface area (Å²) in [4.78, 5) is 12.0. The maximum Gasteiger partial charge on any atom is 0.251 e. The van der Waals surface area contributed by atoms with Crippen LogP contribution in [0.3, 0.4) is 0 Å². The Morgan fingerprint density at radius 1 is 1.53 bits per heavy atom. The molecule has 1 atom stereocenters. The molecule has 3 nitrogen and oxygen atoms in total. The summed E-state index contributed by atoms with van der Waals surface area (Å²) in [7, 11) is 0. The van der Waals surface area contributed by atoms with Gasteiger partial charge in [-0.05, 0) is 55.9 Å². The van der Waals surface area contributed by atoms with E-state index in [2.05, 4.69) is 5.32 Å². The number of nitrogens with one attached hydrogen (secondary N) is 1. The normalized spacial score (nSPS) is 19.2. The zero-order valence-corrected chi connectivity index (χ0v) is 11.2. The molecule has 104 valence electrons. The van der Waals surface area contributed by atoms with Crippen LogP contribution in [0.4, 0.5) is 4.39 Å². The number of ether oxygens (including phenoxy) is 1. The van der Waals surface area contributed by atoms with Crippen LogP contribution >= 0.6 is 0 Å². The summed E-state index contributed by atoms with van der Waals surface area (Å²) in [6, 6.07) is 4.23. The summed E-state index contributed by atoms with van der Waals surface area (Å²) in [6.45, 7) is 4.04. The van der Waals surface area contributed by atoms with Crippen molar-refractivity contribution in [2.24, 2.45) is 5.92 Å². The van der Waals surface area contributed by atoms with Gasteiger partial charge in [-0.15, -0.1) is 0 Å². The van der Waals surface area contributed by atoms with E-state index in [1.54, 1.807) is 6.92 Å². The number of rotatable bonds is 4. The van der Waals surface area contributed by atoms with Crippen molar-refractivity contribution in [3.05, 3.63) is 35.1 Å². The summed E-state index contributed by atoms with van der Waals surface area (Å²) < 4.78 is 18.4. The topological polar surface area (TPSA) is 38.3 Å². The molecule has 19 heavy (non-hydrogen) atoms. The number of amides is 1. The number of hydrogen-bond acceptors (Lipinski definition) is 2. The van der Waals surface area contributed by atoms with Gasteiger partial charge in [0.15, 0.2) is 0 Å². The van der Waals surface area contributed by atoms with Gasteiger partial charge in [-0.1, -0.05) is 0 Å². The molecule has 0 spiro atoms. The van der Waals surface area contributed by atoms with Gasteiger partial charge in [0.25, 0.3) is 5.91 Å². The van der Waals surface area contributed by atoms with Gasteiger partial charge in [0.1, 0.15) is 5.82 Å². The van der Waals surface area contributed by atoms with Gasteiger partial charge >= 0.3 is 0 Å². The van der Waals surface area contributed by atoms with Crippen molar-refractivity contribution in [2.45, 2.75) is 26.2 Å². The lowest BCUT2D eigenvalue weighted by atomic mass is 9.98. The van der Waals surface area contributed by atoms with E-state index in [0.717, 1.165) is 26.1 Å². The summed E-state index contributed by atoms with van der Waals surface area (Å²) in [6.07, 6.45) is 3.22. The van der Waals surface area contributed by atoms with Crippen LogP contribution in [0, 0.1) is 18.7 Å². The zero-order valence-electron chi connectivity index (χ0n) is 11.2. The number of halogens is 1. The number of carbonyl (C=O) groups is 1. The van der Waals surface area contributed by atoms with E-state index in [4.69, 9.17) is 4.74 Å². The second-order valence-electron chi connectivity index (χ2n) is 5.09. The predicted octanol–water partition coefficient (Wildman–Crippen LogP) is 2.68. The van der Waals surface area contributed by atoms with Crippen molar-refractivity contribution in [2.75, 3.05) is 19.8 Å². The Kier molecular flexibility index (Phi) is 4.91. The maximum absolute atomic E-state index is 13.0. The molecule has 1 aromatic carbocycles. The average molecular weight is 265 g/mol. The average Bonchev–Trinajstić information content (AvgIpc) is 2.39. The van der Waals surface area contributed by atoms with Crippen LogP contribution in [0.2, 0.25) is 0 Å². The number of aryl methyl sites for hydroxylation is 1. The van der Waals surface area contributed by atoms with E-state index in [-0.39, 0.29) is 11.7 Å². The number of carbonyl (C=O) groups excluding carboxylic acids is 1. The molecule has 0 aromatic heterocycles. The number of benzene rings is 1. The first-order valence-electron chi connectivity index (χ1n) is 6.79. The first-order chi connectivity index (χ1) is 9.16. The molecule has 1 aliphatic heterocycles. The van der Waals surface area contributed by atoms with E-state index in [1.807, 2.05) is 0 Å². The van der Waals surface area contributed by atoms with Crippen molar-refractivity contribution in [1.29, 1.82) is 0 Å². The molecule has 2 rings (SSSR count). The summed E-state index contributed by atoms with van der Waals surface area (Å²) in [5, 5.41) is 2.89. The largest absolute Gasteiger partial charge is 0.381 e. The molecular formula is C15H20FNO2. The van der Waals surface area contributed by atoms with Gasteiger partial charge < -0.3 is 10.1 Å². The Hall–Kier alpha value is -1.42. The molecule has 0 aliphatic carbocycles. The van der Waals surface area contributed by atoms with Crippen LogP contribution < -0.4 is 5.32 Å². The van der Waals surface area contributed by atoms with Crippen molar-refractivity contribution >= 4 is 5.91 Å². The Labute approximate surface area is 113 Å². The van der Waals surface area contributed by atoms with Crippen LogP contribution in [0.15, 0.2) is 18.2 Å². The van der Waals surface area contributed by atoms with Gasteiger partial charge in [-0.25, -0.2) is 4.39 Å². The fourth-order valence-corrected chi connectivity index (χ4v) is 2.40. The molecule has 0 saturated carbocycles. The van der Waals surface area contributed by atoms with Gasteiger partial charge in [0.2, 0.25) is 0 Å². The van der Waals surface area contributed by atoms with Crippen molar-refractivity contribution in [3.8, 4) is 0 Å². The van der Waals surface area contributed by atoms with Crippen LogP contribution in [0.1, 0.15) is 35.2 Å². The second-order valence-corrected chi connectivity index (χ2v) is 5.09. The van der Waals surface area contributed by atoms with Crippen LogP contribution in [-0.4, -0.2) is 25.7 Å².